The van der Waals surface area contributed by atoms with Crippen LogP contribution >= 0.6 is 0 Å². The molecule has 0 aliphatic carbocycles. The largest absolute Gasteiger partial charge is 0.480 e. The van der Waals surface area contributed by atoms with Crippen molar-refractivity contribution >= 4 is 11.9 Å². The first-order valence-corrected chi connectivity index (χ1v) is 3.03. The van der Waals surface area contributed by atoms with E-state index in [0.29, 0.717) is 0 Å². The summed E-state index contributed by atoms with van der Waals surface area (Å²) in [6.45, 7) is -0.609. The molecule has 0 fully saturated rings. The van der Waals surface area contributed by atoms with Gasteiger partial charge in [0.25, 0.3) is 0 Å². The Morgan fingerprint density at radius 3 is 1.75 bits per heavy atom. The van der Waals surface area contributed by atoms with Crippen LogP contribution < -0.4 is 11.5 Å². The highest BCUT2D eigenvalue weighted by atomic mass is 16.4. The predicted octanol–water partition coefficient (Wildman–Crippen LogP) is -2.68. The van der Waals surface area contributed by atoms with E-state index in [1.165, 1.54) is 0 Å². The maximum absolute atomic E-state index is 9.69. The third-order valence-corrected chi connectivity index (χ3v) is 0.497. The molecule has 72 valence electrons. The molecule has 0 bridgehead atoms. The quantitative estimate of drug-likeness (QED) is 0.236. The summed E-state index contributed by atoms with van der Waals surface area (Å²) < 4.78 is 0. The molecule has 0 aromatic carbocycles. The first-order valence-electron chi connectivity index (χ1n) is 3.03. The van der Waals surface area contributed by atoms with Crippen molar-refractivity contribution in [3.63, 3.8) is 0 Å². The number of carboxylic acids is 1. The zero-order valence-corrected chi connectivity index (χ0v) is 6.47. The zero-order valence-electron chi connectivity index (χ0n) is 6.47. The lowest BCUT2D eigenvalue weighted by Crippen LogP contribution is -2.24. The van der Waals surface area contributed by atoms with Crippen LogP contribution in [0.3, 0.4) is 0 Å². The van der Waals surface area contributed by atoms with Gasteiger partial charge in [-0.15, -0.1) is 0 Å². The van der Waals surface area contributed by atoms with E-state index in [9.17, 15) is 4.79 Å². The van der Waals surface area contributed by atoms with Crippen LogP contribution in [0.25, 0.3) is 0 Å². The van der Waals surface area contributed by atoms with Crippen molar-refractivity contribution in [1.29, 1.82) is 0 Å². The van der Waals surface area contributed by atoms with E-state index in [1.54, 1.807) is 0 Å². The molecule has 0 atom stereocenters. The molecule has 0 saturated heterocycles. The van der Waals surface area contributed by atoms with E-state index in [0.717, 1.165) is 0 Å². The summed E-state index contributed by atoms with van der Waals surface area (Å²) in [5, 5.41) is 23.2. The smallest absolute Gasteiger partial charge is 0.325 e. The molecule has 0 heterocycles. The van der Waals surface area contributed by atoms with Gasteiger partial charge in [-0.25, -0.2) is 4.99 Å². The summed E-state index contributed by atoms with van der Waals surface area (Å²) in [5.41, 5.74) is 9.61. The van der Waals surface area contributed by atoms with Gasteiger partial charge in [-0.05, 0) is 0 Å². The molecular weight excluding hydrogens is 166 g/mol. The number of rotatable bonds is 3. The minimum absolute atomic E-state index is 0.125. The number of nitrogens with zero attached hydrogens (tertiary/aromatic N) is 1. The van der Waals surface area contributed by atoms with Crippen molar-refractivity contribution in [2.45, 2.75) is 0 Å². The lowest BCUT2D eigenvalue weighted by Gasteiger charge is -1.85. The molecule has 0 unspecified atom stereocenters. The molecule has 7 nitrogen and oxygen atoms in total. The fourth-order valence-corrected chi connectivity index (χ4v) is 0.159. The number of carbonyl (C=O) groups is 1. The molecule has 0 aromatic rings. The number of hydrogen-bond donors (Lipinski definition) is 5. The Labute approximate surface area is 69.3 Å². The van der Waals surface area contributed by atoms with Gasteiger partial charge in [0.1, 0.15) is 6.54 Å². The van der Waals surface area contributed by atoms with E-state index < -0.39 is 5.97 Å². The molecule has 7 N–H and O–H groups in total. The molecule has 0 radical (unpaired) electrons. The molecule has 7 heteroatoms. The molecular formula is C5H13N3O4. The van der Waals surface area contributed by atoms with Crippen molar-refractivity contribution < 1.29 is 20.1 Å². The molecule has 0 spiro atoms. The number of nitrogens with two attached hydrogens (primary N) is 2. The number of aliphatic imine (C=N–C) groups is 1. The van der Waals surface area contributed by atoms with Crippen LogP contribution in [0.4, 0.5) is 0 Å². The van der Waals surface area contributed by atoms with E-state index in [4.69, 9.17) is 26.8 Å². The molecule has 0 rings (SSSR count). The first-order chi connectivity index (χ1) is 5.54. The Morgan fingerprint density at radius 2 is 1.67 bits per heavy atom. The number of carboxylic acid groups (broad SMARTS) is 1. The van der Waals surface area contributed by atoms with Crippen LogP contribution in [-0.2, 0) is 4.79 Å². The predicted molar refractivity (Wildman–Crippen MR) is 42.5 cm³/mol. The lowest BCUT2D eigenvalue weighted by molar-refractivity contribution is -0.135. The van der Waals surface area contributed by atoms with Gasteiger partial charge in [-0.1, -0.05) is 0 Å². The Hall–Kier alpha value is -1.34. The van der Waals surface area contributed by atoms with Gasteiger partial charge in [-0.3, -0.25) is 4.79 Å². The van der Waals surface area contributed by atoms with Crippen molar-refractivity contribution in [2.75, 3.05) is 19.8 Å². The minimum Gasteiger partial charge on any atom is -0.480 e. The molecule has 0 aliphatic rings. The van der Waals surface area contributed by atoms with E-state index in [-0.39, 0.29) is 25.7 Å². The Morgan fingerprint density at radius 1 is 1.25 bits per heavy atom. The molecule has 12 heavy (non-hydrogen) atoms. The maximum atomic E-state index is 9.69. The van der Waals surface area contributed by atoms with Gasteiger partial charge >= 0.3 is 5.97 Å². The van der Waals surface area contributed by atoms with Crippen molar-refractivity contribution in [2.24, 2.45) is 16.5 Å². The third-order valence-electron chi connectivity index (χ3n) is 0.497. The monoisotopic (exact) mass is 179 g/mol. The molecule has 0 amide bonds. The second kappa shape index (κ2) is 9.66. The van der Waals surface area contributed by atoms with Gasteiger partial charge in [-0.2, -0.15) is 0 Å². The van der Waals surface area contributed by atoms with E-state index in [1.807, 2.05) is 0 Å². The number of guanidine groups is 1. The van der Waals surface area contributed by atoms with Gasteiger partial charge in [0.15, 0.2) is 5.96 Å². The number of aliphatic carboxylic acids is 1. The van der Waals surface area contributed by atoms with Crippen molar-refractivity contribution in [3.05, 3.63) is 0 Å². The summed E-state index contributed by atoms with van der Waals surface area (Å²) in [7, 11) is 0. The fourth-order valence-electron chi connectivity index (χ4n) is 0.159. The topological polar surface area (TPSA) is 142 Å². The van der Waals surface area contributed by atoms with E-state index >= 15 is 0 Å². The number of aliphatic hydroxyl groups is 2. The second-order valence-corrected chi connectivity index (χ2v) is 1.58. The first kappa shape index (κ1) is 13.3. The van der Waals surface area contributed by atoms with Crippen LogP contribution in [0.5, 0.6) is 0 Å². The Kier molecular flexibility index (Phi) is 10.7. The van der Waals surface area contributed by atoms with Gasteiger partial charge in [0.2, 0.25) is 0 Å². The van der Waals surface area contributed by atoms with E-state index in [2.05, 4.69) is 4.99 Å². The van der Waals surface area contributed by atoms with Crippen LogP contribution in [0, 0.1) is 0 Å². The lowest BCUT2D eigenvalue weighted by atomic mass is 10.7. The van der Waals surface area contributed by atoms with Crippen LogP contribution in [0.1, 0.15) is 0 Å². The standard InChI is InChI=1S/C3H7N3O2.C2H6O2/c4-3(5)6-1-2(7)8;3-1-2-4/h1H2,(H,7,8)(H4,4,5,6);3-4H,1-2H2. The zero-order chi connectivity index (χ0) is 9.98. The van der Waals surface area contributed by atoms with Gasteiger partial charge in [0.05, 0.1) is 13.2 Å². The highest BCUT2D eigenvalue weighted by Crippen LogP contribution is 1.65. The van der Waals surface area contributed by atoms with Gasteiger partial charge < -0.3 is 26.8 Å². The highest BCUT2D eigenvalue weighted by molar-refractivity contribution is 5.79. The summed E-state index contributed by atoms with van der Waals surface area (Å²) in [4.78, 5) is 12.9. The normalized spacial score (nSPS) is 7.83. The summed E-state index contributed by atoms with van der Waals surface area (Å²) in [5.74, 6) is -1.24. The Bertz CT molecular complexity index is 142. The van der Waals surface area contributed by atoms with Crippen LogP contribution in [0.2, 0.25) is 0 Å². The third kappa shape index (κ3) is 23.4. The second-order valence-electron chi connectivity index (χ2n) is 1.58. The molecule has 0 aliphatic heterocycles. The Balaban J connectivity index is 0. The number of aliphatic hydroxyl groups excluding tert-OH is 2. The molecule has 0 aromatic heterocycles. The summed E-state index contributed by atoms with van der Waals surface area (Å²) >= 11 is 0. The summed E-state index contributed by atoms with van der Waals surface area (Å²) in [6.07, 6.45) is 0. The average molecular weight is 179 g/mol. The SMILES string of the molecule is NC(N)=NCC(=O)O.OCCO. The van der Waals surface area contributed by atoms with Crippen LogP contribution in [-0.4, -0.2) is 47.0 Å². The number of hydrogen-bond acceptors (Lipinski definition) is 4. The molecule has 0 saturated carbocycles. The van der Waals surface area contributed by atoms with Crippen molar-refractivity contribution in [1.82, 2.24) is 0 Å². The maximum Gasteiger partial charge on any atom is 0.325 e. The summed E-state index contributed by atoms with van der Waals surface area (Å²) in [6, 6.07) is 0. The van der Waals surface area contributed by atoms with Crippen molar-refractivity contribution in [3.8, 4) is 0 Å². The fraction of sp³-hybridized carbons (Fsp3) is 0.600. The minimum atomic E-state index is -1.04. The highest BCUT2D eigenvalue weighted by Gasteiger charge is 1.90. The van der Waals surface area contributed by atoms with Gasteiger partial charge in [0, 0.05) is 0 Å². The average Bonchev–Trinajstić information content (AvgIpc) is 2.01. The van der Waals surface area contributed by atoms with Crippen LogP contribution in [0.15, 0.2) is 4.99 Å².